The van der Waals surface area contributed by atoms with Crippen LogP contribution >= 0.6 is 11.6 Å². The zero-order valence-electron chi connectivity index (χ0n) is 26.2. The molecule has 11 heteroatoms. The summed E-state index contributed by atoms with van der Waals surface area (Å²) in [6.45, 7) is 5.38. The molecule has 2 aromatic rings. The van der Waals surface area contributed by atoms with Gasteiger partial charge >= 0.3 is 5.97 Å². The standard InChI is InChI=1S/C34H45ClN2O7S/c1-21(2)32(45(36,41)42)31(43-3)8-4-7-29(38)26-12-9-24(26)18-37-19-34(15-5-6-22-16-25(35)11-13-27(22)34)20-44-30-14-10-23(33(39)40)17-28(30)37/h4,7,10-11,13-14,16-17,21,24,26,29,31-32,38H,5-6,8-9,12,15,18-20H2,1-3H3,(H,39,40)(H2,36,41,42)/b7-4+/t24-,26+,29-,31+,32-,34-/m0/s1. The molecule has 4 N–H and O–H groups in total. The third-order valence-corrected chi connectivity index (χ3v) is 11.9. The van der Waals surface area contributed by atoms with Gasteiger partial charge in [0.05, 0.1) is 30.1 Å². The third kappa shape index (κ3) is 7.20. The van der Waals surface area contributed by atoms with Crippen LogP contribution < -0.4 is 14.8 Å². The normalized spacial score (nSPS) is 25.2. The van der Waals surface area contributed by atoms with E-state index in [0.29, 0.717) is 36.9 Å². The zero-order chi connectivity index (χ0) is 32.5. The molecular weight excluding hydrogens is 616 g/mol. The smallest absolute Gasteiger partial charge is 0.335 e. The maximum atomic E-state index is 12.2. The second-order valence-corrected chi connectivity index (χ2v) is 15.5. The molecule has 2 aromatic carbocycles. The summed E-state index contributed by atoms with van der Waals surface area (Å²) in [6, 6.07) is 11.1. The van der Waals surface area contributed by atoms with Gasteiger partial charge in [0.25, 0.3) is 0 Å². The summed E-state index contributed by atoms with van der Waals surface area (Å²) in [5.74, 6) is -0.384. The highest BCUT2D eigenvalue weighted by Crippen LogP contribution is 2.46. The second-order valence-electron chi connectivity index (χ2n) is 13.3. The molecule has 1 fully saturated rings. The van der Waals surface area contributed by atoms with Crippen molar-refractivity contribution in [3.05, 3.63) is 70.3 Å². The summed E-state index contributed by atoms with van der Waals surface area (Å²) in [5, 5.41) is 26.4. The number of aromatic carboxylic acids is 1. The number of rotatable bonds is 11. The van der Waals surface area contributed by atoms with Gasteiger partial charge in [0, 0.05) is 30.6 Å². The van der Waals surface area contributed by atoms with E-state index in [9.17, 15) is 23.4 Å². The first-order valence-corrected chi connectivity index (χ1v) is 17.7. The Morgan fingerprint density at radius 1 is 1.24 bits per heavy atom. The Hall–Kier alpha value is -2.63. The minimum atomic E-state index is -3.81. The van der Waals surface area contributed by atoms with E-state index in [4.69, 9.17) is 26.2 Å². The Kier molecular flexibility index (Phi) is 10.2. The molecule has 1 heterocycles. The van der Waals surface area contributed by atoms with Crippen molar-refractivity contribution in [3.8, 4) is 5.75 Å². The van der Waals surface area contributed by atoms with E-state index in [1.54, 1.807) is 44.2 Å². The van der Waals surface area contributed by atoms with Crippen LogP contribution in [-0.2, 0) is 26.6 Å². The topological polar surface area (TPSA) is 139 Å². The Morgan fingerprint density at radius 2 is 2.02 bits per heavy atom. The largest absolute Gasteiger partial charge is 0.490 e. The van der Waals surface area contributed by atoms with E-state index in [2.05, 4.69) is 11.0 Å². The quantitative estimate of drug-likeness (QED) is 0.281. The first kappa shape index (κ1) is 33.7. The minimum Gasteiger partial charge on any atom is -0.490 e. The highest BCUT2D eigenvalue weighted by atomic mass is 35.5. The number of carboxylic acid groups (broad SMARTS) is 1. The summed E-state index contributed by atoms with van der Waals surface area (Å²) in [5.41, 5.74) is 3.13. The van der Waals surface area contributed by atoms with E-state index in [1.165, 1.54) is 18.2 Å². The Morgan fingerprint density at radius 3 is 2.67 bits per heavy atom. The van der Waals surface area contributed by atoms with Crippen LogP contribution in [-0.4, -0.2) is 68.9 Å². The lowest BCUT2D eigenvalue weighted by Crippen LogP contribution is -2.49. The highest BCUT2D eigenvalue weighted by molar-refractivity contribution is 7.89. The van der Waals surface area contributed by atoms with E-state index in [1.807, 2.05) is 12.1 Å². The van der Waals surface area contributed by atoms with Gasteiger partial charge in [-0.2, -0.15) is 0 Å². The van der Waals surface area contributed by atoms with Crippen molar-refractivity contribution >= 4 is 33.3 Å². The highest BCUT2D eigenvalue weighted by Gasteiger charge is 2.44. The van der Waals surface area contributed by atoms with Crippen molar-refractivity contribution in [2.45, 2.75) is 75.2 Å². The number of anilines is 1. The van der Waals surface area contributed by atoms with Gasteiger partial charge < -0.3 is 24.6 Å². The number of aliphatic hydroxyl groups excluding tert-OH is 1. The van der Waals surface area contributed by atoms with Crippen LogP contribution in [0.25, 0.3) is 0 Å². The lowest BCUT2D eigenvalue weighted by molar-refractivity contribution is 0.0450. The molecule has 1 saturated carbocycles. The van der Waals surface area contributed by atoms with Gasteiger partial charge in [-0.05, 0) is 97.7 Å². The van der Waals surface area contributed by atoms with Gasteiger partial charge in [0.15, 0.2) is 0 Å². The molecule has 2 aliphatic carbocycles. The Bertz CT molecular complexity index is 1530. The van der Waals surface area contributed by atoms with Crippen molar-refractivity contribution in [1.82, 2.24) is 0 Å². The van der Waals surface area contributed by atoms with Gasteiger partial charge in [-0.15, -0.1) is 0 Å². The molecule has 0 saturated heterocycles. The first-order chi connectivity index (χ1) is 21.3. The molecule has 0 aromatic heterocycles. The summed E-state index contributed by atoms with van der Waals surface area (Å²) in [7, 11) is -2.34. The molecule has 9 nitrogen and oxygen atoms in total. The number of primary sulfonamides is 1. The number of carboxylic acids is 1. The van der Waals surface area contributed by atoms with Crippen LogP contribution in [0.4, 0.5) is 5.69 Å². The lowest BCUT2D eigenvalue weighted by Gasteiger charge is -2.45. The summed E-state index contributed by atoms with van der Waals surface area (Å²) in [6.07, 6.45) is 7.19. The van der Waals surface area contributed by atoms with E-state index < -0.39 is 33.5 Å². The van der Waals surface area contributed by atoms with Crippen molar-refractivity contribution < 1.29 is 32.9 Å². The van der Waals surface area contributed by atoms with Crippen LogP contribution in [0.3, 0.4) is 0 Å². The second kappa shape index (κ2) is 13.6. The molecule has 0 amide bonds. The number of nitrogens with two attached hydrogens (primary N) is 1. The molecule has 0 bridgehead atoms. The van der Waals surface area contributed by atoms with Crippen molar-refractivity contribution in [1.29, 1.82) is 0 Å². The number of benzene rings is 2. The summed E-state index contributed by atoms with van der Waals surface area (Å²) in [4.78, 5) is 14.2. The fourth-order valence-electron chi connectivity index (χ4n) is 7.68. The van der Waals surface area contributed by atoms with Crippen LogP contribution in [0.5, 0.6) is 5.75 Å². The average molecular weight is 661 g/mol. The third-order valence-electron chi connectivity index (χ3n) is 10.1. The lowest BCUT2D eigenvalue weighted by atomic mass is 9.68. The predicted molar refractivity (Wildman–Crippen MR) is 176 cm³/mol. The molecule has 1 spiro atoms. The number of halogens is 1. The van der Waals surface area contributed by atoms with E-state index in [-0.39, 0.29) is 28.7 Å². The number of carbonyl (C=O) groups is 1. The SMILES string of the molecule is CO[C@H](C/C=C/[C@H](O)[C@@H]1CC[C@H]1CN1C[C@@]2(CCCc3cc(Cl)ccc32)COc2ccc(C(=O)O)cc21)[C@H](C(C)C)S(N)(=O)=O. The predicted octanol–water partition coefficient (Wildman–Crippen LogP) is 5.17. The molecule has 246 valence electrons. The number of aryl methyl sites for hydroxylation is 1. The average Bonchev–Trinajstić information content (AvgIpc) is 3.10. The maximum Gasteiger partial charge on any atom is 0.335 e. The number of hydrogen-bond acceptors (Lipinski definition) is 7. The Balaban J connectivity index is 1.37. The fourth-order valence-corrected chi connectivity index (χ4v) is 9.28. The van der Waals surface area contributed by atoms with Crippen LogP contribution in [0.15, 0.2) is 48.6 Å². The molecule has 0 unspecified atom stereocenters. The van der Waals surface area contributed by atoms with Crippen molar-refractivity contribution in [3.63, 3.8) is 0 Å². The number of nitrogens with zero attached hydrogens (tertiary/aromatic N) is 1. The zero-order valence-corrected chi connectivity index (χ0v) is 27.8. The van der Waals surface area contributed by atoms with Gasteiger partial charge in [-0.25, -0.2) is 18.4 Å². The van der Waals surface area contributed by atoms with Gasteiger partial charge in [-0.1, -0.05) is 43.7 Å². The number of sulfonamides is 1. The van der Waals surface area contributed by atoms with Gasteiger partial charge in [0.1, 0.15) is 11.0 Å². The molecule has 0 radical (unpaired) electrons. The summed E-state index contributed by atoms with van der Waals surface area (Å²) < 4.78 is 36.4. The number of fused-ring (bicyclic) bond motifs is 3. The molecular formula is C34H45ClN2O7S. The maximum absolute atomic E-state index is 12.2. The number of ether oxygens (including phenoxy) is 2. The molecule has 5 rings (SSSR count). The number of hydrogen-bond donors (Lipinski definition) is 3. The Labute approximate surface area is 271 Å². The van der Waals surface area contributed by atoms with Crippen LogP contribution in [0.2, 0.25) is 5.02 Å². The molecule has 1 aliphatic heterocycles. The minimum absolute atomic E-state index is 0.00468. The molecule has 3 aliphatic rings. The van der Waals surface area contributed by atoms with Crippen LogP contribution in [0, 0.1) is 17.8 Å². The molecule has 6 atom stereocenters. The van der Waals surface area contributed by atoms with Gasteiger partial charge in [-0.3, -0.25) is 0 Å². The van der Waals surface area contributed by atoms with Crippen LogP contribution in [0.1, 0.15) is 67.4 Å². The molecule has 45 heavy (non-hydrogen) atoms. The number of methoxy groups -OCH3 is 1. The first-order valence-electron chi connectivity index (χ1n) is 15.8. The van der Waals surface area contributed by atoms with Crippen molar-refractivity contribution in [2.24, 2.45) is 22.9 Å². The van der Waals surface area contributed by atoms with Gasteiger partial charge in [0.2, 0.25) is 10.0 Å². The fraction of sp³-hybridized carbons (Fsp3) is 0.559. The summed E-state index contributed by atoms with van der Waals surface area (Å²) >= 11 is 6.37. The number of aliphatic hydroxyl groups is 1. The van der Waals surface area contributed by atoms with E-state index in [0.717, 1.165) is 37.8 Å². The van der Waals surface area contributed by atoms with E-state index >= 15 is 0 Å². The monoisotopic (exact) mass is 660 g/mol. The van der Waals surface area contributed by atoms with Crippen molar-refractivity contribution in [2.75, 3.05) is 31.7 Å².